The van der Waals surface area contributed by atoms with Crippen LogP contribution in [0.1, 0.15) is 0 Å². The van der Waals surface area contributed by atoms with Crippen molar-refractivity contribution in [1.82, 2.24) is 24.2 Å². The third kappa shape index (κ3) is 2.29. The second-order valence-corrected chi connectivity index (χ2v) is 5.79. The van der Waals surface area contributed by atoms with Gasteiger partial charge in [0.15, 0.2) is 0 Å². The molecule has 0 spiro atoms. The minimum atomic E-state index is -3.67. The third-order valence-corrected chi connectivity index (χ3v) is 4.46. The Bertz CT molecular complexity index is 546. The van der Waals surface area contributed by atoms with E-state index in [1.54, 1.807) is 7.05 Å². The molecular formula is C8H13N5O4S. The quantitative estimate of drug-likeness (QED) is 0.726. The molecule has 18 heavy (non-hydrogen) atoms. The first-order chi connectivity index (χ1) is 8.41. The van der Waals surface area contributed by atoms with Gasteiger partial charge in [-0.25, -0.2) is 13.2 Å². The smallest absolute Gasteiger partial charge is 0.407 e. The van der Waals surface area contributed by atoms with Gasteiger partial charge in [-0.15, -0.1) is 5.10 Å². The number of aryl methyl sites for hydroxylation is 1. The van der Waals surface area contributed by atoms with Crippen LogP contribution in [0.5, 0.6) is 0 Å². The van der Waals surface area contributed by atoms with Gasteiger partial charge < -0.3 is 10.0 Å². The first kappa shape index (κ1) is 12.8. The number of nitrogens with zero attached hydrogens (tertiary/aromatic N) is 5. The highest BCUT2D eigenvalue weighted by atomic mass is 32.2. The summed E-state index contributed by atoms with van der Waals surface area (Å²) in [7, 11) is -2.09. The van der Waals surface area contributed by atoms with Gasteiger partial charge in [-0.3, -0.25) is 4.68 Å². The molecule has 0 saturated carbocycles. The van der Waals surface area contributed by atoms with Crippen molar-refractivity contribution in [2.75, 3.05) is 26.2 Å². The standard InChI is InChI=1S/C8H13N5O4S/c1-11-6-7(9-10-11)18(16,17)13-4-2-12(3-5-13)8(14)15/h6H,2-5H2,1H3,(H,14,15). The van der Waals surface area contributed by atoms with Gasteiger partial charge in [0, 0.05) is 33.2 Å². The molecule has 1 amide bonds. The molecule has 9 nitrogen and oxygen atoms in total. The monoisotopic (exact) mass is 275 g/mol. The van der Waals surface area contributed by atoms with Gasteiger partial charge in [-0.05, 0) is 0 Å². The van der Waals surface area contributed by atoms with Gasteiger partial charge >= 0.3 is 6.09 Å². The normalized spacial score (nSPS) is 17.9. The Hall–Kier alpha value is -1.68. The summed E-state index contributed by atoms with van der Waals surface area (Å²) in [5.74, 6) is 0. The Morgan fingerprint density at radius 1 is 1.33 bits per heavy atom. The second kappa shape index (κ2) is 4.53. The lowest BCUT2D eigenvalue weighted by Crippen LogP contribution is -2.50. The highest BCUT2D eigenvalue weighted by Gasteiger charge is 2.31. The Morgan fingerprint density at radius 3 is 2.39 bits per heavy atom. The van der Waals surface area contributed by atoms with E-state index in [0.717, 1.165) is 0 Å². The summed E-state index contributed by atoms with van der Waals surface area (Å²) in [6.07, 6.45) is 0.283. The van der Waals surface area contributed by atoms with Crippen LogP contribution in [0, 0.1) is 0 Å². The van der Waals surface area contributed by atoms with Gasteiger partial charge in [0.05, 0.1) is 6.20 Å². The molecule has 2 rings (SSSR count). The van der Waals surface area contributed by atoms with Crippen LogP contribution in [-0.4, -0.2) is 70.0 Å². The molecule has 0 bridgehead atoms. The van der Waals surface area contributed by atoms with Crippen LogP contribution in [0.3, 0.4) is 0 Å². The molecule has 100 valence electrons. The molecule has 1 aromatic heterocycles. The van der Waals surface area contributed by atoms with Crippen LogP contribution in [-0.2, 0) is 17.1 Å². The van der Waals surface area contributed by atoms with Crippen molar-refractivity contribution in [3.63, 3.8) is 0 Å². The van der Waals surface area contributed by atoms with E-state index < -0.39 is 16.1 Å². The van der Waals surface area contributed by atoms with Crippen molar-refractivity contribution in [1.29, 1.82) is 0 Å². The number of amides is 1. The van der Waals surface area contributed by atoms with E-state index in [0.29, 0.717) is 0 Å². The molecule has 0 aliphatic carbocycles. The molecule has 0 radical (unpaired) electrons. The number of hydrogen-bond acceptors (Lipinski definition) is 5. The van der Waals surface area contributed by atoms with Crippen LogP contribution in [0.4, 0.5) is 4.79 Å². The molecule has 1 aliphatic rings. The number of rotatable bonds is 2. The maximum Gasteiger partial charge on any atom is 0.407 e. The van der Waals surface area contributed by atoms with E-state index in [1.807, 2.05) is 0 Å². The van der Waals surface area contributed by atoms with Gasteiger partial charge in [0.2, 0.25) is 5.03 Å². The van der Waals surface area contributed by atoms with Crippen molar-refractivity contribution < 1.29 is 18.3 Å². The van der Waals surface area contributed by atoms with Crippen LogP contribution in [0.15, 0.2) is 11.2 Å². The number of aromatic nitrogens is 3. The summed E-state index contributed by atoms with van der Waals surface area (Å²) in [6, 6.07) is 0. The molecule has 1 aromatic rings. The minimum Gasteiger partial charge on any atom is -0.465 e. The zero-order chi connectivity index (χ0) is 13.3. The van der Waals surface area contributed by atoms with Crippen LogP contribution >= 0.6 is 0 Å². The Kier molecular flexibility index (Phi) is 3.22. The lowest BCUT2D eigenvalue weighted by molar-refractivity contribution is 0.126. The van der Waals surface area contributed by atoms with Crippen molar-refractivity contribution in [2.24, 2.45) is 7.05 Å². The Labute approximate surface area is 104 Å². The molecule has 0 unspecified atom stereocenters. The third-order valence-electron chi connectivity index (χ3n) is 2.70. The zero-order valence-corrected chi connectivity index (χ0v) is 10.5. The molecule has 1 aliphatic heterocycles. The summed E-state index contributed by atoms with van der Waals surface area (Å²) < 4.78 is 26.8. The van der Waals surface area contributed by atoms with E-state index in [4.69, 9.17) is 5.11 Å². The molecule has 0 aromatic carbocycles. The SMILES string of the molecule is Cn1cc(S(=O)(=O)N2CCN(C(=O)O)CC2)nn1. The van der Waals surface area contributed by atoms with E-state index in [1.165, 1.54) is 20.1 Å². The highest BCUT2D eigenvalue weighted by molar-refractivity contribution is 7.89. The maximum absolute atomic E-state index is 12.1. The molecular weight excluding hydrogens is 262 g/mol. The van der Waals surface area contributed by atoms with Crippen LogP contribution < -0.4 is 0 Å². The maximum atomic E-state index is 12.1. The number of hydrogen-bond donors (Lipinski definition) is 1. The molecule has 2 heterocycles. The second-order valence-electron chi connectivity index (χ2n) is 3.90. The zero-order valence-electron chi connectivity index (χ0n) is 9.72. The molecule has 1 fully saturated rings. The van der Waals surface area contributed by atoms with Crippen molar-refractivity contribution >= 4 is 16.1 Å². The fourth-order valence-electron chi connectivity index (χ4n) is 1.70. The molecule has 1 N–H and O–H groups in total. The fraction of sp³-hybridized carbons (Fsp3) is 0.625. The first-order valence-corrected chi connectivity index (χ1v) is 6.69. The summed E-state index contributed by atoms with van der Waals surface area (Å²) >= 11 is 0. The fourth-order valence-corrected chi connectivity index (χ4v) is 3.03. The summed E-state index contributed by atoms with van der Waals surface area (Å²) in [4.78, 5) is 11.9. The van der Waals surface area contributed by atoms with Gasteiger partial charge in [0.25, 0.3) is 10.0 Å². The van der Waals surface area contributed by atoms with Crippen LogP contribution in [0.25, 0.3) is 0 Å². The predicted molar refractivity (Wildman–Crippen MR) is 59.4 cm³/mol. The van der Waals surface area contributed by atoms with Gasteiger partial charge in [-0.1, -0.05) is 5.21 Å². The Morgan fingerprint density at radius 2 is 1.94 bits per heavy atom. The average molecular weight is 275 g/mol. The van der Waals surface area contributed by atoms with Crippen LogP contribution in [0.2, 0.25) is 0 Å². The highest BCUT2D eigenvalue weighted by Crippen LogP contribution is 2.14. The van der Waals surface area contributed by atoms with E-state index >= 15 is 0 Å². The average Bonchev–Trinajstić information content (AvgIpc) is 2.76. The molecule has 10 heteroatoms. The lowest BCUT2D eigenvalue weighted by atomic mass is 10.4. The number of carbonyl (C=O) groups is 1. The van der Waals surface area contributed by atoms with Crippen molar-refractivity contribution in [2.45, 2.75) is 5.03 Å². The van der Waals surface area contributed by atoms with Gasteiger partial charge in [-0.2, -0.15) is 4.31 Å². The summed E-state index contributed by atoms with van der Waals surface area (Å²) in [5, 5.41) is 15.8. The van der Waals surface area contributed by atoms with E-state index in [2.05, 4.69) is 10.3 Å². The first-order valence-electron chi connectivity index (χ1n) is 5.25. The topological polar surface area (TPSA) is 109 Å². The van der Waals surface area contributed by atoms with E-state index in [9.17, 15) is 13.2 Å². The molecule has 1 saturated heterocycles. The number of carboxylic acid groups (broad SMARTS) is 1. The minimum absolute atomic E-state index is 0.117. The van der Waals surface area contributed by atoms with E-state index in [-0.39, 0.29) is 31.2 Å². The molecule has 0 atom stereocenters. The number of piperazine rings is 1. The van der Waals surface area contributed by atoms with Crippen molar-refractivity contribution in [3.8, 4) is 0 Å². The predicted octanol–water partition coefficient (Wildman–Crippen LogP) is -1.20. The lowest BCUT2D eigenvalue weighted by Gasteiger charge is -2.31. The number of sulfonamides is 1. The Balaban J connectivity index is 2.12. The largest absolute Gasteiger partial charge is 0.465 e. The van der Waals surface area contributed by atoms with Crippen molar-refractivity contribution in [3.05, 3.63) is 6.20 Å². The van der Waals surface area contributed by atoms with Gasteiger partial charge in [0.1, 0.15) is 0 Å². The summed E-state index contributed by atoms with van der Waals surface area (Å²) in [6.45, 7) is 0.583. The summed E-state index contributed by atoms with van der Waals surface area (Å²) in [5.41, 5.74) is 0.